The maximum absolute atomic E-state index is 15.5. The van der Waals surface area contributed by atoms with Crippen LogP contribution >= 0.6 is 70.5 Å². The van der Waals surface area contributed by atoms with Gasteiger partial charge >= 0.3 is 3.18 Å². The van der Waals surface area contributed by atoms with Crippen LogP contribution in [0.25, 0.3) is 44.1 Å². The van der Waals surface area contributed by atoms with E-state index in [4.69, 9.17) is 27.9 Å². The molecular weight excluding hydrogens is 1120 g/mol. The van der Waals surface area contributed by atoms with Crippen LogP contribution in [0.15, 0.2) is 96.1 Å². The number of piperidine rings is 2. The number of carbonyl (C=O) groups is 2. The maximum Gasteiger partial charge on any atom is 0.369 e. The van der Waals surface area contributed by atoms with Crippen molar-refractivity contribution in [2.24, 2.45) is 0 Å². The lowest BCUT2D eigenvalue weighted by Crippen LogP contribution is -2.42. The number of hydrogen-bond acceptors (Lipinski definition) is 8. The third-order valence-corrected chi connectivity index (χ3v) is 11.8. The Morgan fingerprint density at radius 1 is 0.746 bits per heavy atom. The zero-order valence-electron chi connectivity index (χ0n) is 35.3. The Balaban J connectivity index is 0.000000205. The molecule has 1 N–H and O–H groups in total. The zero-order valence-corrected chi connectivity index (χ0v) is 41.6. The van der Waals surface area contributed by atoms with Gasteiger partial charge in [-0.15, -0.1) is 47.3 Å². The van der Waals surface area contributed by atoms with E-state index in [9.17, 15) is 33.1 Å². The van der Waals surface area contributed by atoms with Crippen LogP contribution in [-0.2, 0) is 9.59 Å². The normalized spacial score (nSPS) is 15.8. The number of aromatic hydroxyl groups is 1. The topological polar surface area (TPSA) is 140 Å². The molecule has 2 amide bonds. The molecular formula is C45H38BBr3Cl2F4N6O6. The molecule has 2 aliphatic heterocycles. The molecule has 0 aliphatic carbocycles. The summed E-state index contributed by atoms with van der Waals surface area (Å²) in [6, 6.07) is 9.53. The van der Waals surface area contributed by atoms with Crippen LogP contribution in [0, 0.1) is 23.3 Å². The summed E-state index contributed by atoms with van der Waals surface area (Å²) in [7, 11) is 1.34. The lowest BCUT2D eigenvalue weighted by Gasteiger charge is -2.33. The van der Waals surface area contributed by atoms with E-state index >= 15 is 8.78 Å². The second kappa shape index (κ2) is 22.4. The number of carbonyl (C=O) groups excluding carboxylic acids is 2. The monoisotopic (exact) mass is 1150 g/mol. The minimum atomic E-state index is -1.00. The fourth-order valence-corrected chi connectivity index (χ4v) is 8.67. The molecule has 4 heterocycles. The van der Waals surface area contributed by atoms with Crippen molar-refractivity contribution in [1.82, 2.24) is 28.9 Å². The van der Waals surface area contributed by atoms with Gasteiger partial charge in [-0.05, 0) is 74.2 Å². The molecule has 2 aliphatic rings. The number of fused-ring (bicyclic) bond motifs is 2. The average Bonchev–Trinajstić information content (AvgIpc) is 3.30. The standard InChI is InChI=1S/C23H20ClF2N3O3.C22H18ClF2N3O3.BBr3/c1-3-18(30)28-9-5-6-13(11-28)29-12-27-22-14(23(29)31)10-15(24)19(21(22)26)20-16(25)7-4-8-17(20)32-2;1-2-17(30)27-8-4-5-12(10-27)28-11-26-21-13(22(28)31)9-14(23)18(20(21)25)19-15(24)6-3-7-16(19)29;2-1(3)4/h3-4,7-8,10,12-13H,1,5-6,9,11H2,2H3;2-3,6-7,9,11-12,29H,1,4-5,8,10H2;. The van der Waals surface area contributed by atoms with Gasteiger partial charge < -0.3 is 19.6 Å². The van der Waals surface area contributed by atoms with Crippen LogP contribution in [0.5, 0.6) is 11.5 Å². The first-order valence-electron chi connectivity index (χ1n) is 20.3. The number of hydrogen-bond donors (Lipinski definition) is 1. The Morgan fingerprint density at radius 2 is 1.16 bits per heavy atom. The number of ether oxygens (including phenoxy) is 1. The Morgan fingerprint density at radius 3 is 1.58 bits per heavy atom. The van der Waals surface area contributed by atoms with Gasteiger partial charge in [-0.3, -0.25) is 28.3 Å². The van der Waals surface area contributed by atoms with Gasteiger partial charge in [0.15, 0.2) is 11.6 Å². The highest BCUT2D eigenvalue weighted by molar-refractivity contribution is 9.69. The second-order valence-electron chi connectivity index (χ2n) is 15.1. The number of aromatic nitrogens is 4. The van der Waals surface area contributed by atoms with E-state index in [1.165, 1.54) is 83.5 Å². The van der Waals surface area contributed by atoms with Crippen molar-refractivity contribution in [2.45, 2.75) is 37.8 Å². The quantitative estimate of drug-likeness (QED) is 0.0947. The predicted octanol–water partition coefficient (Wildman–Crippen LogP) is 10.6. The molecule has 2 fully saturated rings. The summed E-state index contributed by atoms with van der Waals surface area (Å²) in [4.78, 5) is 61.7. The molecule has 2 saturated heterocycles. The molecule has 2 atom stereocenters. The van der Waals surface area contributed by atoms with Crippen molar-refractivity contribution >= 4 is 107 Å². The molecule has 67 heavy (non-hydrogen) atoms. The molecule has 6 aromatic rings. The molecule has 12 nitrogen and oxygen atoms in total. The Labute approximate surface area is 415 Å². The smallest absolute Gasteiger partial charge is 0.369 e. The molecule has 2 aromatic heterocycles. The van der Waals surface area contributed by atoms with Gasteiger partial charge in [0.05, 0.1) is 63.8 Å². The van der Waals surface area contributed by atoms with Gasteiger partial charge in [0.25, 0.3) is 11.1 Å². The van der Waals surface area contributed by atoms with Crippen LogP contribution in [0.4, 0.5) is 17.6 Å². The summed E-state index contributed by atoms with van der Waals surface area (Å²) >= 11 is 21.9. The lowest BCUT2D eigenvalue weighted by atomic mass is 10.0. The Hall–Kier alpha value is -5.02. The van der Waals surface area contributed by atoms with Crippen molar-refractivity contribution in [3.63, 3.8) is 0 Å². The van der Waals surface area contributed by atoms with Crippen LogP contribution < -0.4 is 15.9 Å². The molecule has 0 saturated carbocycles. The summed E-state index contributed by atoms with van der Waals surface area (Å²) in [5.41, 5.74) is -2.63. The number of benzene rings is 4. The largest absolute Gasteiger partial charge is 0.507 e. The Kier molecular flexibility index (Phi) is 17.2. The lowest BCUT2D eigenvalue weighted by molar-refractivity contribution is -0.128. The molecule has 4 aromatic carbocycles. The summed E-state index contributed by atoms with van der Waals surface area (Å²) < 4.78 is 67.9. The highest BCUT2D eigenvalue weighted by Gasteiger charge is 2.29. The molecule has 0 bridgehead atoms. The van der Waals surface area contributed by atoms with Gasteiger partial charge in [0.1, 0.15) is 34.2 Å². The molecule has 2 unspecified atom stereocenters. The minimum absolute atomic E-state index is 0.0266. The van der Waals surface area contributed by atoms with Crippen LogP contribution in [0.2, 0.25) is 10.0 Å². The Bertz CT molecular complexity index is 3020. The van der Waals surface area contributed by atoms with E-state index in [2.05, 4.69) is 70.4 Å². The van der Waals surface area contributed by atoms with Crippen molar-refractivity contribution in [3.05, 3.63) is 141 Å². The van der Waals surface area contributed by atoms with Gasteiger partial charge in [0.2, 0.25) is 11.8 Å². The SMILES string of the molecule is BrB(Br)Br.C=CC(=O)N1CCCC(n2cnc3c(F)c(-c4c(F)cccc4OC)c(Cl)cc3c2=O)C1.C=CC(=O)N1CCCC(n2cnc3c(F)c(-c4c(O)cccc4F)c(Cl)cc3c2=O)C1. The molecule has 22 heteroatoms. The van der Waals surface area contributed by atoms with Gasteiger partial charge in [0, 0.05) is 37.3 Å². The average molecular weight is 1160 g/mol. The van der Waals surface area contributed by atoms with E-state index in [0.29, 0.717) is 51.9 Å². The number of likely N-dealkylation sites (tertiary alicyclic amines) is 2. The minimum Gasteiger partial charge on any atom is -0.507 e. The fourth-order valence-electron chi connectivity index (χ4n) is 8.10. The van der Waals surface area contributed by atoms with Crippen molar-refractivity contribution < 1.29 is 37.0 Å². The van der Waals surface area contributed by atoms with E-state index in [0.717, 1.165) is 6.07 Å². The fraction of sp³-hybridized carbons (Fsp3) is 0.244. The molecule has 0 spiro atoms. The van der Waals surface area contributed by atoms with E-state index < -0.39 is 45.7 Å². The number of phenolic OH excluding ortho intramolecular Hbond substituents is 1. The molecule has 350 valence electrons. The van der Waals surface area contributed by atoms with Crippen molar-refractivity contribution in [3.8, 4) is 33.8 Å². The summed E-state index contributed by atoms with van der Waals surface area (Å²) in [6.07, 6.45) is 7.64. The van der Waals surface area contributed by atoms with Crippen molar-refractivity contribution in [1.29, 1.82) is 0 Å². The van der Waals surface area contributed by atoms with Gasteiger partial charge in [-0.1, -0.05) is 48.5 Å². The number of halogens is 9. The third-order valence-electron chi connectivity index (χ3n) is 11.2. The first kappa shape index (κ1) is 51.4. The summed E-state index contributed by atoms with van der Waals surface area (Å²) in [5, 5.41) is 9.57. The zero-order chi connectivity index (χ0) is 48.9. The predicted molar refractivity (Wildman–Crippen MR) is 264 cm³/mol. The van der Waals surface area contributed by atoms with Crippen LogP contribution in [0.3, 0.4) is 0 Å². The molecule has 8 rings (SSSR count). The number of nitrogens with zero attached hydrogens (tertiary/aromatic N) is 6. The van der Waals surface area contributed by atoms with E-state index in [1.807, 2.05) is 0 Å². The summed E-state index contributed by atoms with van der Waals surface area (Å²) in [6.45, 7) is 8.74. The number of methoxy groups -OCH3 is 1. The van der Waals surface area contributed by atoms with E-state index in [1.54, 1.807) is 9.80 Å². The molecule has 0 radical (unpaired) electrons. The second-order valence-corrected chi connectivity index (χ2v) is 22.3. The third kappa shape index (κ3) is 11.0. The highest BCUT2D eigenvalue weighted by Crippen LogP contribution is 2.42. The van der Waals surface area contributed by atoms with Crippen molar-refractivity contribution in [2.75, 3.05) is 33.3 Å². The number of amides is 2. The number of rotatable bonds is 7. The van der Waals surface area contributed by atoms with Crippen LogP contribution in [-0.4, -0.2) is 82.3 Å². The van der Waals surface area contributed by atoms with Gasteiger partial charge in [-0.25, -0.2) is 27.5 Å². The van der Waals surface area contributed by atoms with Crippen LogP contribution in [0.1, 0.15) is 37.8 Å². The summed E-state index contributed by atoms with van der Waals surface area (Å²) in [5.74, 6) is -4.31. The van der Waals surface area contributed by atoms with Gasteiger partial charge in [-0.2, -0.15) is 0 Å². The highest BCUT2D eigenvalue weighted by atomic mass is 79.9. The first-order valence-corrected chi connectivity index (χ1v) is 23.8. The number of phenols is 1. The maximum atomic E-state index is 15.5. The van der Waals surface area contributed by atoms with E-state index in [-0.39, 0.29) is 81.4 Å². The first-order chi connectivity index (χ1) is 31.9.